The third-order valence-electron chi connectivity index (χ3n) is 3.38. The molecule has 1 fully saturated rings. The average molecular weight is 282 g/mol. The van der Waals surface area contributed by atoms with Gasteiger partial charge in [0.05, 0.1) is 18.7 Å². The molecule has 2 rings (SSSR count). The molecule has 4 nitrogen and oxygen atoms in total. The van der Waals surface area contributed by atoms with Crippen molar-refractivity contribution in [2.24, 2.45) is 0 Å². The van der Waals surface area contributed by atoms with Crippen LogP contribution < -0.4 is 5.32 Å². The van der Waals surface area contributed by atoms with Crippen LogP contribution in [-0.4, -0.2) is 36.1 Å². The number of nitrogens with zero attached hydrogens (tertiary/aromatic N) is 1. The summed E-state index contributed by atoms with van der Waals surface area (Å²) in [5.74, 6) is 0.156. The second kappa shape index (κ2) is 6.03. The van der Waals surface area contributed by atoms with E-state index in [-0.39, 0.29) is 24.2 Å². The molecule has 0 aromatic carbocycles. The Balaban J connectivity index is 2.18. The van der Waals surface area contributed by atoms with Gasteiger partial charge in [0.1, 0.15) is 6.17 Å². The highest BCUT2D eigenvalue weighted by molar-refractivity contribution is 7.12. The van der Waals surface area contributed by atoms with E-state index in [1.807, 2.05) is 25.7 Å². The van der Waals surface area contributed by atoms with Gasteiger partial charge in [-0.15, -0.1) is 11.3 Å². The number of carbonyl (C=O) groups is 1. The van der Waals surface area contributed by atoms with Gasteiger partial charge >= 0.3 is 0 Å². The van der Waals surface area contributed by atoms with Gasteiger partial charge < -0.3 is 9.64 Å². The normalized spacial score (nSPS) is 25.1. The average Bonchev–Trinajstić information content (AvgIpc) is 2.92. The van der Waals surface area contributed by atoms with E-state index in [0.717, 1.165) is 0 Å². The minimum atomic E-state index is -0.128. The molecule has 0 spiro atoms. The zero-order chi connectivity index (χ0) is 14.0. The monoisotopic (exact) mass is 282 g/mol. The molecule has 2 heterocycles. The van der Waals surface area contributed by atoms with Crippen LogP contribution in [0.15, 0.2) is 12.1 Å². The lowest BCUT2D eigenvalue weighted by Gasteiger charge is -2.29. The summed E-state index contributed by atoms with van der Waals surface area (Å²) in [7, 11) is 0. The van der Waals surface area contributed by atoms with Gasteiger partial charge in [0.2, 0.25) is 5.91 Å². The summed E-state index contributed by atoms with van der Waals surface area (Å²) in [6, 6.07) is 4.15. The lowest BCUT2D eigenvalue weighted by molar-refractivity contribution is -0.133. The van der Waals surface area contributed by atoms with E-state index in [0.29, 0.717) is 13.2 Å². The van der Waals surface area contributed by atoms with Crippen LogP contribution in [-0.2, 0) is 9.53 Å². The molecule has 3 unspecified atom stereocenters. The molecule has 0 aliphatic carbocycles. The smallest absolute Gasteiger partial charge is 0.241 e. The number of thiophene rings is 1. The molecule has 1 aromatic rings. The Morgan fingerprint density at radius 3 is 2.84 bits per heavy atom. The highest BCUT2D eigenvalue weighted by Gasteiger charge is 2.40. The van der Waals surface area contributed by atoms with Crippen LogP contribution in [0.4, 0.5) is 0 Å². The Bertz CT molecular complexity index is 446. The fraction of sp³-hybridized carbons (Fsp3) is 0.643. The number of amides is 1. The molecule has 1 aliphatic heterocycles. The maximum absolute atomic E-state index is 12.3. The largest absolute Gasteiger partial charge is 0.380 e. The summed E-state index contributed by atoms with van der Waals surface area (Å²) in [4.78, 5) is 16.7. The summed E-state index contributed by atoms with van der Waals surface area (Å²) in [6.45, 7) is 9.28. The van der Waals surface area contributed by atoms with Gasteiger partial charge in [0.25, 0.3) is 0 Å². The molecule has 1 N–H and O–H groups in total. The van der Waals surface area contributed by atoms with Crippen LogP contribution in [0, 0.1) is 6.92 Å². The number of hydrogen-bond donors (Lipinski definition) is 1. The fourth-order valence-electron chi connectivity index (χ4n) is 2.40. The number of nitrogens with one attached hydrogen (secondary N) is 1. The van der Waals surface area contributed by atoms with E-state index in [1.165, 1.54) is 9.75 Å². The Labute approximate surface area is 118 Å². The van der Waals surface area contributed by atoms with E-state index in [1.54, 1.807) is 11.3 Å². The molecule has 5 heteroatoms. The maximum atomic E-state index is 12.3. The van der Waals surface area contributed by atoms with Crippen LogP contribution in [0.1, 0.15) is 36.7 Å². The number of hydrogen-bond acceptors (Lipinski definition) is 4. The molecule has 1 aromatic heterocycles. The van der Waals surface area contributed by atoms with Crippen molar-refractivity contribution in [3.8, 4) is 0 Å². The topological polar surface area (TPSA) is 41.6 Å². The Hall–Kier alpha value is -0.910. The van der Waals surface area contributed by atoms with E-state index in [4.69, 9.17) is 4.74 Å². The van der Waals surface area contributed by atoms with Gasteiger partial charge in [0.15, 0.2) is 0 Å². The molecular weight excluding hydrogens is 260 g/mol. The third kappa shape index (κ3) is 2.99. The predicted octanol–water partition coefficient (Wildman–Crippen LogP) is 2.30. The highest BCUT2D eigenvalue weighted by Crippen LogP contribution is 2.31. The quantitative estimate of drug-likeness (QED) is 0.901. The van der Waals surface area contributed by atoms with Crippen LogP contribution in [0.5, 0.6) is 0 Å². The Morgan fingerprint density at radius 1 is 1.53 bits per heavy atom. The molecule has 0 saturated carbocycles. The highest BCUT2D eigenvalue weighted by atomic mass is 32.1. The predicted molar refractivity (Wildman–Crippen MR) is 77.2 cm³/mol. The number of ether oxygens (including phenoxy) is 1. The van der Waals surface area contributed by atoms with Gasteiger partial charge in [-0.2, -0.15) is 0 Å². The fourth-order valence-corrected chi connectivity index (χ4v) is 3.34. The van der Waals surface area contributed by atoms with Crippen molar-refractivity contribution in [1.29, 1.82) is 0 Å². The number of rotatable bonds is 5. The lowest BCUT2D eigenvalue weighted by Crippen LogP contribution is -2.40. The van der Waals surface area contributed by atoms with Crippen molar-refractivity contribution in [3.63, 3.8) is 0 Å². The number of carbonyl (C=O) groups excluding carboxylic acids is 1. The second-order valence-electron chi connectivity index (χ2n) is 4.99. The van der Waals surface area contributed by atoms with Crippen LogP contribution in [0.25, 0.3) is 0 Å². The maximum Gasteiger partial charge on any atom is 0.241 e. The Kier molecular flexibility index (Phi) is 4.60. The first-order valence-electron chi connectivity index (χ1n) is 6.77. The van der Waals surface area contributed by atoms with Crippen molar-refractivity contribution in [3.05, 3.63) is 21.9 Å². The van der Waals surface area contributed by atoms with Crippen molar-refractivity contribution < 1.29 is 9.53 Å². The van der Waals surface area contributed by atoms with Crippen molar-refractivity contribution >= 4 is 17.2 Å². The molecule has 1 saturated heterocycles. The minimum Gasteiger partial charge on any atom is -0.380 e. The minimum absolute atomic E-state index is 0.0170. The Morgan fingerprint density at radius 2 is 2.26 bits per heavy atom. The van der Waals surface area contributed by atoms with Crippen LogP contribution in [0.3, 0.4) is 0 Å². The summed E-state index contributed by atoms with van der Waals surface area (Å²) in [5, 5.41) is 3.37. The van der Waals surface area contributed by atoms with E-state index in [2.05, 4.69) is 24.4 Å². The van der Waals surface area contributed by atoms with Gasteiger partial charge in [-0.3, -0.25) is 10.1 Å². The van der Waals surface area contributed by atoms with Crippen LogP contribution in [0.2, 0.25) is 0 Å². The summed E-state index contributed by atoms with van der Waals surface area (Å²) in [6.07, 6.45) is -0.0170. The van der Waals surface area contributed by atoms with Crippen molar-refractivity contribution in [2.75, 3.05) is 13.2 Å². The molecule has 3 atom stereocenters. The standard InChI is InChI=1S/C14H22N2O2S/c1-5-18-8-9(2)16-13(15-11(4)14(16)17)12-7-6-10(3)19-12/h6-7,9,11,13,15H,5,8H2,1-4H3. The van der Waals surface area contributed by atoms with Gasteiger partial charge in [-0.25, -0.2) is 0 Å². The van der Waals surface area contributed by atoms with E-state index >= 15 is 0 Å². The summed E-state index contributed by atoms with van der Waals surface area (Å²) in [5.41, 5.74) is 0. The first-order chi connectivity index (χ1) is 9.04. The van der Waals surface area contributed by atoms with Crippen LogP contribution >= 0.6 is 11.3 Å². The molecule has 0 bridgehead atoms. The molecule has 106 valence electrons. The molecule has 1 aliphatic rings. The summed E-state index contributed by atoms with van der Waals surface area (Å²) >= 11 is 1.74. The lowest BCUT2D eigenvalue weighted by atomic mass is 10.2. The second-order valence-corrected chi connectivity index (χ2v) is 6.31. The molecule has 0 radical (unpaired) electrons. The zero-order valence-corrected chi connectivity index (χ0v) is 12.8. The third-order valence-corrected chi connectivity index (χ3v) is 4.43. The first-order valence-corrected chi connectivity index (χ1v) is 7.58. The SMILES string of the molecule is CCOCC(C)N1C(=O)C(C)NC1c1ccc(C)s1. The van der Waals surface area contributed by atoms with Crippen molar-refractivity contribution in [1.82, 2.24) is 10.2 Å². The van der Waals surface area contributed by atoms with Gasteiger partial charge in [-0.1, -0.05) is 0 Å². The molecule has 19 heavy (non-hydrogen) atoms. The van der Waals surface area contributed by atoms with Gasteiger partial charge in [-0.05, 0) is 39.8 Å². The van der Waals surface area contributed by atoms with E-state index in [9.17, 15) is 4.79 Å². The van der Waals surface area contributed by atoms with Crippen molar-refractivity contribution in [2.45, 2.75) is 45.9 Å². The number of aryl methyl sites for hydroxylation is 1. The molecular formula is C14H22N2O2S. The summed E-state index contributed by atoms with van der Waals surface area (Å²) < 4.78 is 5.46. The first kappa shape index (κ1) is 14.5. The van der Waals surface area contributed by atoms with E-state index < -0.39 is 0 Å². The molecule has 1 amide bonds. The zero-order valence-electron chi connectivity index (χ0n) is 12.0. The van der Waals surface area contributed by atoms with Gasteiger partial charge in [0, 0.05) is 16.4 Å².